The van der Waals surface area contributed by atoms with Gasteiger partial charge in [0.2, 0.25) is 11.8 Å². The molecular weight excluding hydrogens is 274 g/mol. The summed E-state index contributed by atoms with van der Waals surface area (Å²) < 4.78 is 0. The average molecular weight is 295 g/mol. The highest BCUT2D eigenvalue weighted by atomic mass is 32.1. The van der Waals surface area contributed by atoms with Gasteiger partial charge in [0.25, 0.3) is 0 Å². The molecule has 1 aliphatic heterocycles. The fourth-order valence-electron chi connectivity index (χ4n) is 2.46. The Morgan fingerprint density at radius 1 is 1.60 bits per heavy atom. The largest absolute Gasteiger partial charge is 0.348 e. The van der Waals surface area contributed by atoms with Crippen LogP contribution in [0.5, 0.6) is 0 Å². The fourth-order valence-corrected chi connectivity index (χ4v) is 3.24. The van der Waals surface area contributed by atoms with E-state index >= 15 is 0 Å². The van der Waals surface area contributed by atoms with Gasteiger partial charge in [0.1, 0.15) is 0 Å². The number of thiophene rings is 1. The van der Waals surface area contributed by atoms with Crippen molar-refractivity contribution in [3.8, 4) is 0 Å². The molecule has 0 radical (unpaired) electrons. The molecule has 5 nitrogen and oxygen atoms in total. The summed E-state index contributed by atoms with van der Waals surface area (Å²) >= 11 is 1.56. The molecule has 110 valence electrons. The monoisotopic (exact) mass is 295 g/mol. The Hall–Kier alpha value is -1.40. The summed E-state index contributed by atoms with van der Waals surface area (Å²) in [5.41, 5.74) is 0. The Kier molecular flexibility index (Phi) is 5.14. The molecule has 6 heteroatoms. The zero-order chi connectivity index (χ0) is 14.5. The van der Waals surface area contributed by atoms with Gasteiger partial charge in [-0.2, -0.15) is 0 Å². The molecule has 0 aliphatic carbocycles. The Labute approximate surface area is 123 Å². The van der Waals surface area contributed by atoms with Gasteiger partial charge in [0.15, 0.2) is 0 Å². The van der Waals surface area contributed by atoms with Gasteiger partial charge in [-0.25, -0.2) is 0 Å². The first-order valence-electron chi connectivity index (χ1n) is 6.88. The highest BCUT2D eigenvalue weighted by Crippen LogP contribution is 2.23. The van der Waals surface area contributed by atoms with Crippen molar-refractivity contribution < 1.29 is 9.59 Å². The summed E-state index contributed by atoms with van der Waals surface area (Å²) in [6, 6.07) is 3.88. The van der Waals surface area contributed by atoms with Crippen molar-refractivity contribution in [1.29, 1.82) is 0 Å². The molecule has 2 atom stereocenters. The maximum absolute atomic E-state index is 12.4. The minimum absolute atomic E-state index is 0.103. The van der Waals surface area contributed by atoms with Gasteiger partial charge in [0.05, 0.1) is 12.5 Å². The second kappa shape index (κ2) is 6.85. The van der Waals surface area contributed by atoms with Crippen molar-refractivity contribution in [2.75, 3.05) is 19.6 Å². The summed E-state index contributed by atoms with van der Waals surface area (Å²) in [6.45, 7) is 5.92. The molecule has 0 bridgehead atoms. The lowest BCUT2D eigenvalue weighted by Crippen LogP contribution is -2.52. The Balaban J connectivity index is 2.03. The third-order valence-corrected chi connectivity index (χ3v) is 4.45. The van der Waals surface area contributed by atoms with Gasteiger partial charge >= 0.3 is 0 Å². The van der Waals surface area contributed by atoms with Crippen molar-refractivity contribution in [3.63, 3.8) is 0 Å². The molecule has 2 N–H and O–H groups in total. The standard InChI is InChI=1S/C14H21N3O2S/c1-10-9-15-5-6-17(10)14(19)8-12(16-11(2)18)13-4-3-7-20-13/h3-4,7,10,12,15H,5-6,8-9H2,1-2H3,(H,16,18)/t10-,12?/m1/s1. The number of rotatable bonds is 4. The van der Waals surface area contributed by atoms with Crippen molar-refractivity contribution in [3.05, 3.63) is 22.4 Å². The van der Waals surface area contributed by atoms with Crippen LogP contribution in [-0.4, -0.2) is 42.4 Å². The minimum atomic E-state index is -0.220. The van der Waals surface area contributed by atoms with Crippen molar-refractivity contribution >= 4 is 23.2 Å². The normalized spacial score (nSPS) is 20.5. The van der Waals surface area contributed by atoms with Gasteiger partial charge in [-0.1, -0.05) is 6.07 Å². The van der Waals surface area contributed by atoms with E-state index in [0.29, 0.717) is 6.42 Å². The van der Waals surface area contributed by atoms with E-state index in [9.17, 15) is 9.59 Å². The van der Waals surface area contributed by atoms with E-state index in [2.05, 4.69) is 10.6 Å². The van der Waals surface area contributed by atoms with Gasteiger partial charge in [0, 0.05) is 37.5 Å². The van der Waals surface area contributed by atoms with E-state index in [-0.39, 0.29) is 23.9 Å². The molecule has 1 fully saturated rings. The van der Waals surface area contributed by atoms with Crippen LogP contribution in [0.2, 0.25) is 0 Å². The zero-order valence-electron chi connectivity index (χ0n) is 11.9. The van der Waals surface area contributed by atoms with Crippen LogP contribution in [-0.2, 0) is 9.59 Å². The van der Waals surface area contributed by atoms with Crippen molar-refractivity contribution in [2.24, 2.45) is 0 Å². The van der Waals surface area contributed by atoms with E-state index < -0.39 is 0 Å². The van der Waals surface area contributed by atoms with Crippen LogP contribution >= 0.6 is 11.3 Å². The third-order valence-electron chi connectivity index (χ3n) is 3.46. The smallest absolute Gasteiger partial charge is 0.225 e. The van der Waals surface area contributed by atoms with Gasteiger partial charge in [-0.3, -0.25) is 9.59 Å². The summed E-state index contributed by atoms with van der Waals surface area (Å²) in [4.78, 5) is 26.7. The minimum Gasteiger partial charge on any atom is -0.348 e. The van der Waals surface area contributed by atoms with Crippen molar-refractivity contribution in [2.45, 2.75) is 32.4 Å². The molecule has 2 rings (SSSR count). The molecule has 1 aromatic heterocycles. The number of carbonyl (C=O) groups is 2. The first-order valence-corrected chi connectivity index (χ1v) is 7.76. The highest BCUT2D eigenvalue weighted by Gasteiger charge is 2.26. The molecule has 1 aliphatic rings. The van der Waals surface area contributed by atoms with Gasteiger partial charge < -0.3 is 15.5 Å². The number of hydrogen-bond donors (Lipinski definition) is 2. The van der Waals surface area contributed by atoms with E-state index in [1.165, 1.54) is 6.92 Å². The number of carbonyl (C=O) groups excluding carboxylic acids is 2. The highest BCUT2D eigenvalue weighted by molar-refractivity contribution is 7.10. The molecule has 2 amide bonds. The Bertz CT molecular complexity index is 461. The number of nitrogens with zero attached hydrogens (tertiary/aromatic N) is 1. The third kappa shape index (κ3) is 3.80. The molecule has 20 heavy (non-hydrogen) atoms. The molecule has 0 spiro atoms. The quantitative estimate of drug-likeness (QED) is 0.875. The second-order valence-electron chi connectivity index (χ2n) is 5.11. The average Bonchev–Trinajstić information content (AvgIpc) is 2.91. The SMILES string of the molecule is CC(=O)NC(CC(=O)N1CCNC[C@H]1C)c1cccs1. The number of nitrogens with one attached hydrogen (secondary N) is 2. The second-order valence-corrected chi connectivity index (χ2v) is 6.09. The maximum Gasteiger partial charge on any atom is 0.225 e. The molecule has 1 unspecified atom stereocenters. The van der Waals surface area contributed by atoms with Crippen molar-refractivity contribution in [1.82, 2.24) is 15.5 Å². The fraction of sp³-hybridized carbons (Fsp3) is 0.571. The molecule has 2 heterocycles. The molecule has 0 saturated carbocycles. The summed E-state index contributed by atoms with van der Waals surface area (Å²) in [5, 5.41) is 8.11. The zero-order valence-corrected chi connectivity index (χ0v) is 12.7. The van der Waals surface area contributed by atoms with E-state index in [4.69, 9.17) is 0 Å². The van der Waals surface area contributed by atoms with Crippen LogP contribution in [0.1, 0.15) is 31.2 Å². The molecule has 1 aromatic rings. The van der Waals surface area contributed by atoms with E-state index in [0.717, 1.165) is 24.5 Å². The molecule has 0 aromatic carbocycles. The van der Waals surface area contributed by atoms with Crippen LogP contribution in [0.15, 0.2) is 17.5 Å². The van der Waals surface area contributed by atoms with Crippen LogP contribution in [0.3, 0.4) is 0 Å². The molecular formula is C14H21N3O2S. The van der Waals surface area contributed by atoms with Crippen LogP contribution < -0.4 is 10.6 Å². The first kappa shape index (κ1) is 15.0. The van der Waals surface area contributed by atoms with Gasteiger partial charge in [-0.05, 0) is 18.4 Å². The lowest BCUT2D eigenvalue weighted by molar-refractivity contribution is -0.134. The number of hydrogen-bond acceptors (Lipinski definition) is 4. The van der Waals surface area contributed by atoms with Crippen LogP contribution in [0, 0.1) is 0 Å². The van der Waals surface area contributed by atoms with Crippen LogP contribution in [0.4, 0.5) is 0 Å². The van der Waals surface area contributed by atoms with Crippen LogP contribution in [0.25, 0.3) is 0 Å². The maximum atomic E-state index is 12.4. The predicted molar refractivity (Wildman–Crippen MR) is 79.5 cm³/mol. The summed E-state index contributed by atoms with van der Waals surface area (Å²) in [7, 11) is 0. The predicted octanol–water partition coefficient (Wildman–Crippen LogP) is 1.14. The Morgan fingerprint density at radius 2 is 2.40 bits per heavy atom. The summed E-state index contributed by atoms with van der Waals surface area (Å²) in [5.74, 6) is -0.00397. The number of piperazine rings is 1. The van der Waals surface area contributed by atoms with E-state index in [1.54, 1.807) is 11.3 Å². The number of amides is 2. The van der Waals surface area contributed by atoms with E-state index in [1.807, 2.05) is 29.3 Å². The van der Waals surface area contributed by atoms with Gasteiger partial charge in [-0.15, -0.1) is 11.3 Å². The molecule has 1 saturated heterocycles. The topological polar surface area (TPSA) is 61.4 Å². The lowest BCUT2D eigenvalue weighted by atomic mass is 10.1. The lowest BCUT2D eigenvalue weighted by Gasteiger charge is -2.35. The summed E-state index contributed by atoms with van der Waals surface area (Å²) in [6.07, 6.45) is 0.324. The Morgan fingerprint density at radius 3 is 3.00 bits per heavy atom. The first-order chi connectivity index (χ1) is 9.58.